The molecule has 0 atom stereocenters. The normalized spacial score (nSPS) is 9.71. The molecule has 0 saturated carbocycles. The molecule has 0 aliphatic rings. The Morgan fingerprint density at radius 3 is 1.26 bits per heavy atom. The van der Waals surface area contributed by atoms with Crippen LogP contribution in [0.2, 0.25) is 0 Å². The molecule has 4 nitrogen and oxygen atoms in total. The largest absolute Gasteiger partial charge is 0.423 e. The van der Waals surface area contributed by atoms with Crippen molar-refractivity contribution in [3.8, 4) is 11.5 Å². The molecule has 0 bridgehead atoms. The summed E-state index contributed by atoms with van der Waals surface area (Å²) in [5.41, 5.74) is 2.25. The summed E-state index contributed by atoms with van der Waals surface area (Å²) in [5, 5.41) is 0. The van der Waals surface area contributed by atoms with Crippen molar-refractivity contribution in [1.29, 1.82) is 0 Å². The molecule has 4 rings (SSSR count). The van der Waals surface area contributed by atoms with Crippen LogP contribution in [0.3, 0.4) is 0 Å². The van der Waals surface area contributed by atoms with Crippen LogP contribution in [0.4, 0.5) is 0 Å². The quantitative estimate of drug-likeness (QED) is 0.300. The standard InChI is InChI=1S/C14H12O2.C13H10O2/c1-11-7-9-13(10-8-11)16-14(15)12-5-3-2-4-6-12;14-13(11-7-3-1-4-8-11)15-12-9-5-2-6-10-12/h2-10H,1H3;1-10H. The summed E-state index contributed by atoms with van der Waals surface area (Å²) in [7, 11) is 0. The third kappa shape index (κ3) is 6.98. The van der Waals surface area contributed by atoms with E-state index in [0.717, 1.165) is 5.56 Å². The summed E-state index contributed by atoms with van der Waals surface area (Å²) in [6.45, 7) is 1.99. The summed E-state index contributed by atoms with van der Waals surface area (Å²) in [6.07, 6.45) is 0. The van der Waals surface area contributed by atoms with Crippen LogP contribution >= 0.6 is 0 Å². The van der Waals surface area contributed by atoms with Crippen molar-refractivity contribution in [3.63, 3.8) is 0 Å². The van der Waals surface area contributed by atoms with E-state index in [-0.39, 0.29) is 11.9 Å². The van der Waals surface area contributed by atoms with Crippen molar-refractivity contribution >= 4 is 11.9 Å². The molecule has 0 N–H and O–H groups in total. The fourth-order valence-electron chi connectivity index (χ4n) is 2.58. The van der Waals surface area contributed by atoms with Gasteiger partial charge < -0.3 is 9.47 Å². The van der Waals surface area contributed by atoms with Gasteiger partial charge in [-0.1, -0.05) is 72.3 Å². The van der Waals surface area contributed by atoms with E-state index in [2.05, 4.69) is 0 Å². The molecule has 0 aliphatic heterocycles. The highest BCUT2D eigenvalue weighted by Crippen LogP contribution is 2.14. The topological polar surface area (TPSA) is 52.6 Å². The Morgan fingerprint density at radius 1 is 0.484 bits per heavy atom. The second kappa shape index (κ2) is 11.1. The highest BCUT2D eigenvalue weighted by atomic mass is 16.5. The number of carbonyl (C=O) groups excluding carboxylic acids is 2. The minimum absolute atomic E-state index is 0.329. The molecule has 0 unspecified atom stereocenters. The van der Waals surface area contributed by atoms with Gasteiger partial charge in [0.2, 0.25) is 0 Å². The number of aryl methyl sites for hydroxylation is 1. The molecule has 31 heavy (non-hydrogen) atoms. The summed E-state index contributed by atoms with van der Waals surface area (Å²) in [6, 6.07) is 34.3. The van der Waals surface area contributed by atoms with Gasteiger partial charge in [0.15, 0.2) is 0 Å². The van der Waals surface area contributed by atoms with Crippen molar-refractivity contribution in [2.75, 3.05) is 0 Å². The molecule has 4 aromatic rings. The predicted molar refractivity (Wildman–Crippen MR) is 120 cm³/mol. The van der Waals surface area contributed by atoms with Gasteiger partial charge in [-0.15, -0.1) is 0 Å². The Labute approximate surface area is 181 Å². The molecule has 0 spiro atoms. The second-order valence-electron chi connectivity index (χ2n) is 6.64. The summed E-state index contributed by atoms with van der Waals surface area (Å²) in [5.74, 6) is 0.469. The van der Waals surface area contributed by atoms with Crippen LogP contribution in [0.15, 0.2) is 115 Å². The zero-order chi connectivity index (χ0) is 21.9. The van der Waals surface area contributed by atoms with Gasteiger partial charge in [-0.05, 0) is 55.5 Å². The number of ether oxygens (including phenoxy) is 2. The Hall–Kier alpha value is -4.18. The van der Waals surface area contributed by atoms with Crippen LogP contribution < -0.4 is 9.47 Å². The van der Waals surface area contributed by atoms with Crippen LogP contribution in [0.5, 0.6) is 11.5 Å². The lowest BCUT2D eigenvalue weighted by molar-refractivity contribution is 0.0725. The lowest BCUT2D eigenvalue weighted by Crippen LogP contribution is -2.07. The fourth-order valence-corrected chi connectivity index (χ4v) is 2.58. The maximum atomic E-state index is 11.7. The zero-order valence-corrected chi connectivity index (χ0v) is 17.1. The van der Waals surface area contributed by atoms with Gasteiger partial charge in [0.1, 0.15) is 11.5 Å². The molecule has 0 aliphatic carbocycles. The predicted octanol–water partition coefficient (Wildman–Crippen LogP) is 6.12. The number of hydrogen-bond acceptors (Lipinski definition) is 4. The average Bonchev–Trinajstić information content (AvgIpc) is 2.83. The van der Waals surface area contributed by atoms with Crippen LogP contribution in [-0.4, -0.2) is 11.9 Å². The highest BCUT2D eigenvalue weighted by Gasteiger charge is 2.07. The maximum absolute atomic E-state index is 11.7. The molecule has 154 valence electrons. The maximum Gasteiger partial charge on any atom is 0.343 e. The van der Waals surface area contributed by atoms with Crippen molar-refractivity contribution in [1.82, 2.24) is 0 Å². The average molecular weight is 410 g/mol. The van der Waals surface area contributed by atoms with Gasteiger partial charge in [-0.2, -0.15) is 0 Å². The van der Waals surface area contributed by atoms with Crippen molar-refractivity contribution in [2.24, 2.45) is 0 Å². The van der Waals surface area contributed by atoms with Gasteiger partial charge >= 0.3 is 11.9 Å². The minimum atomic E-state index is -0.332. The number of carbonyl (C=O) groups is 2. The van der Waals surface area contributed by atoms with Gasteiger partial charge in [-0.3, -0.25) is 0 Å². The van der Waals surface area contributed by atoms with E-state index in [1.165, 1.54) is 0 Å². The molecule has 0 saturated heterocycles. The van der Waals surface area contributed by atoms with Gasteiger partial charge in [0, 0.05) is 0 Å². The third-order valence-corrected chi connectivity index (χ3v) is 4.20. The Morgan fingerprint density at radius 2 is 0.839 bits per heavy atom. The van der Waals surface area contributed by atoms with Gasteiger partial charge in [0.25, 0.3) is 0 Å². The molecule has 0 heterocycles. The molecule has 0 fully saturated rings. The number of para-hydroxylation sites is 1. The molecule has 0 radical (unpaired) electrons. The third-order valence-electron chi connectivity index (χ3n) is 4.20. The van der Waals surface area contributed by atoms with E-state index in [1.54, 1.807) is 48.5 Å². The summed E-state index contributed by atoms with van der Waals surface area (Å²) < 4.78 is 10.4. The Kier molecular flexibility index (Phi) is 7.72. The fraction of sp³-hybridized carbons (Fsp3) is 0.0370. The van der Waals surface area contributed by atoms with Crippen LogP contribution in [0.25, 0.3) is 0 Å². The number of hydrogen-bond donors (Lipinski definition) is 0. The molecule has 0 aromatic heterocycles. The van der Waals surface area contributed by atoms with E-state index in [4.69, 9.17) is 9.47 Å². The van der Waals surface area contributed by atoms with Crippen molar-refractivity contribution in [2.45, 2.75) is 6.92 Å². The Balaban J connectivity index is 0.000000176. The van der Waals surface area contributed by atoms with E-state index >= 15 is 0 Å². The lowest BCUT2D eigenvalue weighted by atomic mass is 10.2. The monoisotopic (exact) mass is 410 g/mol. The van der Waals surface area contributed by atoms with E-state index in [1.807, 2.05) is 73.7 Å². The van der Waals surface area contributed by atoms with E-state index in [9.17, 15) is 9.59 Å². The highest BCUT2D eigenvalue weighted by molar-refractivity contribution is 5.91. The molecule has 0 amide bonds. The lowest BCUT2D eigenvalue weighted by Gasteiger charge is -2.04. The smallest absolute Gasteiger partial charge is 0.343 e. The first-order valence-electron chi connectivity index (χ1n) is 9.78. The van der Waals surface area contributed by atoms with Gasteiger partial charge in [-0.25, -0.2) is 9.59 Å². The zero-order valence-electron chi connectivity index (χ0n) is 17.1. The van der Waals surface area contributed by atoms with Crippen LogP contribution in [0.1, 0.15) is 26.3 Å². The first-order chi connectivity index (χ1) is 15.1. The first kappa shape index (κ1) is 21.5. The minimum Gasteiger partial charge on any atom is -0.423 e. The number of benzene rings is 4. The summed E-state index contributed by atoms with van der Waals surface area (Å²) in [4.78, 5) is 23.3. The molecular weight excluding hydrogens is 388 g/mol. The van der Waals surface area contributed by atoms with Crippen molar-refractivity contribution in [3.05, 3.63) is 132 Å². The number of rotatable bonds is 4. The first-order valence-corrected chi connectivity index (χ1v) is 9.78. The van der Waals surface area contributed by atoms with Gasteiger partial charge in [0.05, 0.1) is 11.1 Å². The van der Waals surface area contributed by atoms with E-state index in [0.29, 0.717) is 22.6 Å². The number of esters is 2. The molecule has 4 heteroatoms. The van der Waals surface area contributed by atoms with Crippen LogP contribution in [-0.2, 0) is 0 Å². The summed E-state index contributed by atoms with van der Waals surface area (Å²) >= 11 is 0. The SMILES string of the molecule is Cc1ccc(OC(=O)c2ccccc2)cc1.O=C(Oc1ccccc1)c1ccccc1. The second-order valence-corrected chi connectivity index (χ2v) is 6.64. The molecule has 4 aromatic carbocycles. The Bertz CT molecular complexity index is 1090. The van der Waals surface area contributed by atoms with Crippen LogP contribution in [0, 0.1) is 6.92 Å². The van der Waals surface area contributed by atoms with Crippen molar-refractivity contribution < 1.29 is 19.1 Å². The van der Waals surface area contributed by atoms with E-state index < -0.39 is 0 Å². The molecular formula is C27H22O4.